The first-order valence-electron chi connectivity index (χ1n) is 8.54. The highest BCUT2D eigenvalue weighted by atomic mass is 16.5. The van der Waals surface area contributed by atoms with Crippen LogP contribution in [0, 0.1) is 0 Å². The molecule has 9 heteroatoms. The van der Waals surface area contributed by atoms with E-state index in [0.29, 0.717) is 42.4 Å². The van der Waals surface area contributed by atoms with E-state index < -0.39 is 5.76 Å². The van der Waals surface area contributed by atoms with Crippen molar-refractivity contribution in [1.29, 1.82) is 0 Å². The molecule has 3 heterocycles. The highest BCUT2D eigenvalue weighted by molar-refractivity contribution is 5.79. The molecule has 0 spiro atoms. The van der Waals surface area contributed by atoms with Crippen LogP contribution in [0.1, 0.15) is 6.42 Å². The van der Waals surface area contributed by atoms with Crippen molar-refractivity contribution in [3.05, 3.63) is 46.9 Å². The first kappa shape index (κ1) is 17.1. The van der Waals surface area contributed by atoms with Crippen LogP contribution in [-0.4, -0.2) is 51.9 Å². The second-order valence-corrected chi connectivity index (χ2v) is 6.20. The highest BCUT2D eigenvalue weighted by Crippen LogP contribution is 2.18. The molecule has 0 bridgehead atoms. The summed E-state index contributed by atoms with van der Waals surface area (Å²) >= 11 is 0. The van der Waals surface area contributed by atoms with Crippen molar-refractivity contribution in [2.45, 2.75) is 19.1 Å². The standard InChI is InChI=1S/C18H18N4O5/c1-25-15-6-7-16(20-19-15)26-12-8-9-21(10-12)17(23)11-22-13-4-2-3-5-14(13)27-18(22)24/h2-7,12H,8-11H2,1H3. The van der Waals surface area contributed by atoms with Gasteiger partial charge in [0.1, 0.15) is 12.6 Å². The molecule has 0 aliphatic carbocycles. The quantitative estimate of drug-likeness (QED) is 0.662. The third-order valence-corrected chi connectivity index (χ3v) is 4.48. The van der Waals surface area contributed by atoms with E-state index in [9.17, 15) is 9.59 Å². The normalized spacial score (nSPS) is 16.6. The monoisotopic (exact) mass is 370 g/mol. The molecule has 0 radical (unpaired) electrons. The number of benzene rings is 1. The molecule has 1 atom stereocenters. The number of nitrogens with zero attached hydrogens (tertiary/aromatic N) is 4. The smallest absolute Gasteiger partial charge is 0.420 e. The van der Waals surface area contributed by atoms with E-state index in [1.54, 1.807) is 41.3 Å². The van der Waals surface area contributed by atoms with Crippen molar-refractivity contribution in [2.75, 3.05) is 20.2 Å². The summed E-state index contributed by atoms with van der Waals surface area (Å²) in [6.45, 7) is 0.916. The summed E-state index contributed by atoms with van der Waals surface area (Å²) in [6, 6.07) is 10.4. The minimum Gasteiger partial charge on any atom is -0.480 e. The van der Waals surface area contributed by atoms with Gasteiger partial charge in [0.15, 0.2) is 5.58 Å². The lowest BCUT2D eigenvalue weighted by Gasteiger charge is -2.17. The number of hydrogen-bond acceptors (Lipinski definition) is 7. The van der Waals surface area contributed by atoms with Crippen LogP contribution in [0.25, 0.3) is 11.1 Å². The molecule has 4 rings (SSSR count). The van der Waals surface area contributed by atoms with Crippen molar-refractivity contribution in [1.82, 2.24) is 19.7 Å². The molecule has 3 aromatic rings. The number of methoxy groups -OCH3 is 1. The third-order valence-electron chi connectivity index (χ3n) is 4.48. The van der Waals surface area contributed by atoms with Crippen LogP contribution in [-0.2, 0) is 11.3 Å². The maximum atomic E-state index is 12.6. The van der Waals surface area contributed by atoms with Crippen LogP contribution in [0.4, 0.5) is 0 Å². The number of hydrogen-bond donors (Lipinski definition) is 0. The van der Waals surface area contributed by atoms with Gasteiger partial charge < -0.3 is 18.8 Å². The van der Waals surface area contributed by atoms with Crippen molar-refractivity contribution in [3.8, 4) is 11.8 Å². The number of ether oxygens (including phenoxy) is 2. The van der Waals surface area contributed by atoms with Crippen LogP contribution in [0.2, 0.25) is 0 Å². The van der Waals surface area contributed by atoms with Gasteiger partial charge >= 0.3 is 5.76 Å². The Labute approximate surface area is 154 Å². The number of amides is 1. The van der Waals surface area contributed by atoms with Crippen LogP contribution >= 0.6 is 0 Å². The van der Waals surface area contributed by atoms with Crippen molar-refractivity contribution >= 4 is 17.0 Å². The molecule has 1 aromatic carbocycles. The number of rotatable bonds is 5. The fourth-order valence-electron chi connectivity index (χ4n) is 3.10. The molecule has 1 fully saturated rings. The Morgan fingerprint density at radius 1 is 1.22 bits per heavy atom. The zero-order valence-electron chi connectivity index (χ0n) is 14.7. The molecular weight excluding hydrogens is 352 g/mol. The lowest BCUT2D eigenvalue weighted by Crippen LogP contribution is -2.35. The third kappa shape index (κ3) is 3.48. The predicted octanol–water partition coefficient (Wildman–Crippen LogP) is 1.07. The lowest BCUT2D eigenvalue weighted by atomic mass is 10.3. The number of likely N-dealkylation sites (tertiary alicyclic amines) is 1. The largest absolute Gasteiger partial charge is 0.480 e. The number of para-hydroxylation sites is 2. The number of aromatic nitrogens is 3. The van der Waals surface area contributed by atoms with Gasteiger partial charge in [-0.2, -0.15) is 0 Å². The summed E-state index contributed by atoms with van der Waals surface area (Å²) in [7, 11) is 1.51. The van der Waals surface area contributed by atoms with E-state index in [1.807, 2.05) is 0 Å². The Morgan fingerprint density at radius 3 is 2.78 bits per heavy atom. The van der Waals surface area contributed by atoms with E-state index in [0.717, 1.165) is 0 Å². The maximum Gasteiger partial charge on any atom is 0.420 e. The summed E-state index contributed by atoms with van der Waals surface area (Å²) < 4.78 is 17.3. The van der Waals surface area contributed by atoms with E-state index in [4.69, 9.17) is 13.9 Å². The zero-order chi connectivity index (χ0) is 18.8. The van der Waals surface area contributed by atoms with E-state index in [-0.39, 0.29) is 18.6 Å². The fourth-order valence-corrected chi connectivity index (χ4v) is 3.10. The average Bonchev–Trinajstić information content (AvgIpc) is 3.27. The van der Waals surface area contributed by atoms with Gasteiger partial charge in [0, 0.05) is 25.1 Å². The van der Waals surface area contributed by atoms with Crippen LogP contribution in [0.15, 0.2) is 45.6 Å². The Kier molecular flexibility index (Phi) is 4.49. The predicted molar refractivity (Wildman–Crippen MR) is 94.7 cm³/mol. The molecule has 140 valence electrons. The maximum absolute atomic E-state index is 12.6. The van der Waals surface area contributed by atoms with E-state index in [1.165, 1.54) is 11.7 Å². The van der Waals surface area contributed by atoms with Gasteiger partial charge in [-0.3, -0.25) is 9.36 Å². The Bertz CT molecular complexity index is 1010. The minimum atomic E-state index is -0.537. The van der Waals surface area contributed by atoms with Crippen LogP contribution < -0.4 is 15.2 Å². The molecule has 27 heavy (non-hydrogen) atoms. The SMILES string of the molecule is COc1ccc(OC2CCN(C(=O)Cn3c(=O)oc4ccccc43)C2)nn1. The van der Waals surface area contributed by atoms with Gasteiger partial charge in [-0.1, -0.05) is 12.1 Å². The van der Waals surface area contributed by atoms with E-state index in [2.05, 4.69) is 10.2 Å². The average molecular weight is 370 g/mol. The summed E-state index contributed by atoms with van der Waals surface area (Å²) in [6.07, 6.45) is 0.509. The molecule has 1 saturated heterocycles. The summed E-state index contributed by atoms with van der Waals surface area (Å²) in [5.74, 6) is 0.0936. The molecule has 1 aliphatic rings. The second-order valence-electron chi connectivity index (χ2n) is 6.20. The molecule has 1 unspecified atom stereocenters. The highest BCUT2D eigenvalue weighted by Gasteiger charge is 2.28. The first-order chi connectivity index (χ1) is 13.1. The van der Waals surface area contributed by atoms with Gasteiger partial charge in [0.05, 0.1) is 19.2 Å². The van der Waals surface area contributed by atoms with Crippen molar-refractivity contribution in [2.24, 2.45) is 0 Å². The Hall–Kier alpha value is -3.36. The lowest BCUT2D eigenvalue weighted by molar-refractivity contribution is -0.131. The molecular formula is C18H18N4O5. The second kappa shape index (κ2) is 7.10. The van der Waals surface area contributed by atoms with Crippen molar-refractivity contribution in [3.63, 3.8) is 0 Å². The Balaban J connectivity index is 1.40. The van der Waals surface area contributed by atoms with Crippen molar-refractivity contribution < 1.29 is 18.7 Å². The molecule has 0 N–H and O–H groups in total. The zero-order valence-corrected chi connectivity index (χ0v) is 14.7. The summed E-state index contributed by atoms with van der Waals surface area (Å²) in [4.78, 5) is 26.3. The Morgan fingerprint density at radius 2 is 2.00 bits per heavy atom. The number of carbonyl (C=O) groups excluding carboxylic acids is 1. The van der Waals surface area contributed by atoms with Gasteiger partial charge in [-0.15, -0.1) is 10.2 Å². The molecule has 1 aliphatic heterocycles. The summed E-state index contributed by atoms with van der Waals surface area (Å²) in [5.41, 5.74) is 1.08. The molecule has 0 saturated carbocycles. The summed E-state index contributed by atoms with van der Waals surface area (Å²) in [5, 5.41) is 7.79. The van der Waals surface area contributed by atoms with Gasteiger partial charge in [-0.05, 0) is 12.1 Å². The molecule has 9 nitrogen and oxygen atoms in total. The fraction of sp³-hybridized carbons (Fsp3) is 0.333. The number of fused-ring (bicyclic) bond motifs is 1. The molecule has 2 aromatic heterocycles. The number of oxazole rings is 1. The first-order valence-corrected chi connectivity index (χ1v) is 8.54. The topological polar surface area (TPSA) is 99.7 Å². The van der Waals surface area contributed by atoms with Crippen LogP contribution in [0.3, 0.4) is 0 Å². The number of carbonyl (C=O) groups is 1. The van der Waals surface area contributed by atoms with E-state index >= 15 is 0 Å². The van der Waals surface area contributed by atoms with Gasteiger partial charge in [0.25, 0.3) is 0 Å². The molecule has 1 amide bonds. The van der Waals surface area contributed by atoms with Gasteiger partial charge in [-0.25, -0.2) is 4.79 Å². The minimum absolute atomic E-state index is 0.0646. The van der Waals surface area contributed by atoms with Crippen LogP contribution in [0.5, 0.6) is 11.8 Å². The van der Waals surface area contributed by atoms with Gasteiger partial charge in [0.2, 0.25) is 17.7 Å².